The van der Waals surface area contributed by atoms with Crippen molar-refractivity contribution in [3.05, 3.63) is 88.9 Å². The topological polar surface area (TPSA) is 93.9 Å². The number of hydrogen-bond donors (Lipinski definition) is 1. The molecule has 1 atom stereocenters. The van der Waals surface area contributed by atoms with Crippen molar-refractivity contribution in [3.63, 3.8) is 0 Å². The van der Waals surface area contributed by atoms with Gasteiger partial charge in [-0.1, -0.05) is 24.8 Å². The number of ketones is 1. The van der Waals surface area contributed by atoms with Gasteiger partial charge in [-0.15, -0.1) is 11.3 Å². The first kappa shape index (κ1) is 24.3. The molecule has 1 N–H and O–H groups in total. The van der Waals surface area contributed by atoms with Crippen LogP contribution in [0.4, 0.5) is 0 Å². The molecule has 8 nitrogen and oxygen atoms in total. The second kappa shape index (κ2) is 11.1. The van der Waals surface area contributed by atoms with Crippen molar-refractivity contribution in [2.24, 2.45) is 0 Å². The molecule has 35 heavy (non-hydrogen) atoms. The van der Waals surface area contributed by atoms with Crippen LogP contribution >= 0.6 is 11.3 Å². The molecule has 0 saturated carbocycles. The van der Waals surface area contributed by atoms with Crippen molar-refractivity contribution >= 4 is 23.0 Å². The number of benzene rings is 1. The lowest BCUT2D eigenvalue weighted by molar-refractivity contribution is -0.129. The molecule has 1 unspecified atom stereocenters. The monoisotopic (exact) mass is 493 g/mol. The molecule has 1 aliphatic heterocycles. The van der Waals surface area contributed by atoms with E-state index in [0.717, 1.165) is 0 Å². The Bertz CT molecular complexity index is 1220. The van der Waals surface area contributed by atoms with E-state index in [4.69, 9.17) is 9.47 Å². The van der Waals surface area contributed by atoms with Crippen molar-refractivity contribution in [1.82, 2.24) is 14.5 Å². The van der Waals surface area contributed by atoms with Gasteiger partial charge in [0.1, 0.15) is 6.61 Å². The summed E-state index contributed by atoms with van der Waals surface area (Å²) in [4.78, 5) is 32.6. The SMILES string of the molecule is C=CCOc1ccc(C2C(C(=O)c3cccs3)=C(O)C(=O)N2CCCn2ccnc2)cc1OCC. The largest absolute Gasteiger partial charge is 0.503 e. The number of amides is 1. The number of aliphatic hydroxyl groups excluding tert-OH is 1. The summed E-state index contributed by atoms with van der Waals surface area (Å²) < 4.78 is 13.4. The van der Waals surface area contributed by atoms with Crippen LogP contribution in [-0.2, 0) is 11.3 Å². The third kappa shape index (κ3) is 5.14. The summed E-state index contributed by atoms with van der Waals surface area (Å²) in [6, 6.07) is 8.01. The summed E-state index contributed by atoms with van der Waals surface area (Å²) >= 11 is 1.27. The van der Waals surface area contributed by atoms with Gasteiger partial charge in [-0.05, 0) is 42.5 Å². The average molecular weight is 494 g/mol. The fourth-order valence-corrected chi connectivity index (χ4v) is 4.75. The molecule has 0 fully saturated rings. The lowest BCUT2D eigenvalue weighted by Gasteiger charge is -2.27. The van der Waals surface area contributed by atoms with Gasteiger partial charge in [0.25, 0.3) is 5.91 Å². The van der Waals surface area contributed by atoms with Crippen molar-refractivity contribution in [2.45, 2.75) is 25.9 Å². The summed E-state index contributed by atoms with van der Waals surface area (Å²) in [7, 11) is 0. The number of hydrogen-bond acceptors (Lipinski definition) is 7. The molecule has 9 heteroatoms. The van der Waals surface area contributed by atoms with Gasteiger partial charge in [0, 0.05) is 25.5 Å². The van der Waals surface area contributed by atoms with Gasteiger partial charge in [0.2, 0.25) is 5.78 Å². The minimum atomic E-state index is -0.757. The Kier molecular flexibility index (Phi) is 7.67. The van der Waals surface area contributed by atoms with Crippen LogP contribution in [0.1, 0.15) is 34.6 Å². The number of aliphatic hydroxyl groups is 1. The molecule has 1 aliphatic rings. The molecule has 0 radical (unpaired) electrons. The van der Waals surface area contributed by atoms with Crippen LogP contribution in [0.2, 0.25) is 0 Å². The molecule has 0 saturated heterocycles. The zero-order valence-electron chi connectivity index (χ0n) is 19.4. The van der Waals surface area contributed by atoms with Gasteiger partial charge >= 0.3 is 0 Å². The highest BCUT2D eigenvalue weighted by Crippen LogP contribution is 2.42. The molecular weight excluding hydrogens is 466 g/mol. The zero-order valence-corrected chi connectivity index (χ0v) is 20.2. The lowest BCUT2D eigenvalue weighted by Crippen LogP contribution is -2.32. The van der Waals surface area contributed by atoms with E-state index in [9.17, 15) is 14.7 Å². The van der Waals surface area contributed by atoms with Crippen LogP contribution < -0.4 is 9.47 Å². The lowest BCUT2D eigenvalue weighted by atomic mass is 9.95. The standard InChI is InChI=1S/C26H27N3O5S/c1-3-14-34-19-9-8-18(16-20(19)33-4-2)23-22(24(30)21-7-5-15-35-21)25(31)26(32)29(23)12-6-11-28-13-10-27-17-28/h3,5,7-10,13,15-17,23,31H,1,4,6,11-12,14H2,2H3. The maximum Gasteiger partial charge on any atom is 0.290 e. The van der Waals surface area contributed by atoms with Crippen molar-refractivity contribution < 1.29 is 24.2 Å². The second-order valence-electron chi connectivity index (χ2n) is 7.86. The van der Waals surface area contributed by atoms with Crippen LogP contribution in [0, 0.1) is 0 Å². The number of imidazole rings is 1. The number of Topliss-reactive ketones (excluding diaryl/α,β-unsaturated/α-hetero) is 1. The second-order valence-corrected chi connectivity index (χ2v) is 8.81. The Morgan fingerprint density at radius 2 is 2.11 bits per heavy atom. The van der Waals surface area contributed by atoms with Crippen molar-refractivity contribution in [1.29, 1.82) is 0 Å². The molecule has 3 heterocycles. The normalized spacial score (nSPS) is 15.5. The first-order valence-electron chi connectivity index (χ1n) is 11.3. The Balaban J connectivity index is 1.71. The van der Waals surface area contributed by atoms with E-state index in [1.807, 2.05) is 17.7 Å². The summed E-state index contributed by atoms with van der Waals surface area (Å²) in [5, 5.41) is 12.6. The predicted octanol–water partition coefficient (Wildman–Crippen LogP) is 4.58. The van der Waals surface area contributed by atoms with E-state index in [1.54, 1.807) is 59.2 Å². The van der Waals surface area contributed by atoms with Gasteiger partial charge in [-0.25, -0.2) is 4.98 Å². The van der Waals surface area contributed by atoms with E-state index < -0.39 is 17.7 Å². The molecule has 4 rings (SSSR count). The maximum absolute atomic E-state index is 13.4. The number of ether oxygens (including phenoxy) is 2. The highest BCUT2D eigenvalue weighted by Gasteiger charge is 2.44. The third-order valence-electron chi connectivity index (χ3n) is 5.61. The fourth-order valence-electron chi connectivity index (χ4n) is 4.08. The minimum Gasteiger partial charge on any atom is -0.503 e. The van der Waals surface area contributed by atoms with Crippen molar-refractivity contribution in [2.75, 3.05) is 19.8 Å². The molecule has 1 amide bonds. The smallest absolute Gasteiger partial charge is 0.290 e. The van der Waals surface area contributed by atoms with Crippen LogP contribution in [0.25, 0.3) is 0 Å². The van der Waals surface area contributed by atoms with E-state index in [1.165, 1.54) is 11.3 Å². The van der Waals surface area contributed by atoms with Gasteiger partial charge in [0.15, 0.2) is 17.3 Å². The molecule has 2 aromatic heterocycles. The highest BCUT2D eigenvalue weighted by molar-refractivity contribution is 7.12. The van der Waals surface area contributed by atoms with Gasteiger partial charge in [0.05, 0.1) is 29.4 Å². The summed E-state index contributed by atoms with van der Waals surface area (Å²) in [6.07, 6.45) is 7.51. The van der Waals surface area contributed by atoms with Crippen LogP contribution in [0.3, 0.4) is 0 Å². The minimum absolute atomic E-state index is 0.0716. The molecule has 0 bridgehead atoms. The molecule has 182 valence electrons. The highest BCUT2D eigenvalue weighted by atomic mass is 32.1. The van der Waals surface area contributed by atoms with E-state index >= 15 is 0 Å². The van der Waals surface area contributed by atoms with Gasteiger partial charge in [-0.2, -0.15) is 0 Å². The molecule has 1 aromatic carbocycles. The van der Waals surface area contributed by atoms with Crippen LogP contribution in [0.5, 0.6) is 11.5 Å². The Morgan fingerprint density at radius 1 is 1.26 bits per heavy atom. The first-order valence-corrected chi connectivity index (χ1v) is 12.2. The fraction of sp³-hybridized carbons (Fsp3) is 0.269. The van der Waals surface area contributed by atoms with E-state index in [2.05, 4.69) is 11.6 Å². The van der Waals surface area contributed by atoms with Crippen LogP contribution in [0.15, 0.2) is 78.4 Å². The zero-order chi connectivity index (χ0) is 24.8. The predicted molar refractivity (Wildman–Crippen MR) is 133 cm³/mol. The molecule has 0 aliphatic carbocycles. The van der Waals surface area contributed by atoms with Gasteiger partial charge in [-0.3, -0.25) is 9.59 Å². The number of aryl methyl sites for hydroxylation is 1. The van der Waals surface area contributed by atoms with Crippen molar-refractivity contribution in [3.8, 4) is 11.5 Å². The van der Waals surface area contributed by atoms with E-state index in [0.29, 0.717) is 54.7 Å². The first-order chi connectivity index (χ1) is 17.0. The molecule has 0 spiro atoms. The Morgan fingerprint density at radius 3 is 2.80 bits per heavy atom. The number of nitrogens with zero attached hydrogens (tertiary/aromatic N) is 3. The Hall–Kier alpha value is -3.85. The number of carbonyl (C=O) groups is 2. The summed E-state index contributed by atoms with van der Waals surface area (Å²) in [5.74, 6) is -0.415. The summed E-state index contributed by atoms with van der Waals surface area (Å²) in [5.41, 5.74) is 0.724. The number of carbonyl (C=O) groups excluding carboxylic acids is 2. The maximum atomic E-state index is 13.4. The molecular formula is C26H27N3O5S. The molecule has 3 aromatic rings. The quantitative estimate of drug-likeness (QED) is 0.293. The number of thiophene rings is 1. The number of rotatable bonds is 12. The Labute approximate surface area is 207 Å². The average Bonchev–Trinajstić information content (AvgIpc) is 3.62. The third-order valence-corrected chi connectivity index (χ3v) is 6.48. The summed E-state index contributed by atoms with van der Waals surface area (Å²) in [6.45, 7) is 7.24. The number of aromatic nitrogens is 2. The van der Waals surface area contributed by atoms with E-state index in [-0.39, 0.29) is 11.4 Å². The van der Waals surface area contributed by atoms with Crippen LogP contribution in [-0.4, -0.2) is 51.0 Å². The van der Waals surface area contributed by atoms with Gasteiger partial charge < -0.3 is 24.0 Å².